The molecule has 1 aliphatic heterocycles. The Kier molecular flexibility index (Phi) is 2.31. The van der Waals surface area contributed by atoms with Gasteiger partial charge in [-0.05, 0) is 19.1 Å². The van der Waals surface area contributed by atoms with Crippen molar-refractivity contribution in [3.8, 4) is 5.75 Å². The van der Waals surface area contributed by atoms with Crippen LogP contribution in [0, 0.1) is 5.82 Å². The van der Waals surface area contributed by atoms with E-state index in [4.69, 9.17) is 4.74 Å². The summed E-state index contributed by atoms with van der Waals surface area (Å²) >= 11 is 3.14. The Labute approximate surface area is 89.2 Å². The molecule has 0 amide bonds. The molecule has 0 fully saturated rings. The number of ketones is 1. The van der Waals surface area contributed by atoms with Crippen LogP contribution in [0.1, 0.15) is 23.7 Å². The van der Waals surface area contributed by atoms with E-state index in [0.717, 1.165) is 0 Å². The maximum absolute atomic E-state index is 13.4. The Morgan fingerprint density at radius 3 is 3.00 bits per heavy atom. The van der Waals surface area contributed by atoms with E-state index in [-0.39, 0.29) is 17.6 Å². The molecule has 1 atom stereocenters. The molecule has 0 aromatic heterocycles. The number of Topliss-reactive ketones (excluding diaryl/α,β-unsaturated/α-hetero) is 1. The van der Waals surface area contributed by atoms with Gasteiger partial charge in [-0.1, -0.05) is 15.9 Å². The quantitative estimate of drug-likeness (QED) is 0.716. The predicted octanol–water partition coefficient (Wildman–Crippen LogP) is 2.94. The smallest absolute Gasteiger partial charge is 0.170 e. The van der Waals surface area contributed by atoms with Crippen molar-refractivity contribution >= 4 is 21.7 Å². The summed E-state index contributed by atoms with van der Waals surface area (Å²) in [6.07, 6.45) is 0.0637. The van der Waals surface area contributed by atoms with Crippen LogP contribution >= 0.6 is 15.9 Å². The molecule has 0 saturated heterocycles. The topological polar surface area (TPSA) is 26.3 Å². The maximum Gasteiger partial charge on any atom is 0.170 e. The lowest BCUT2D eigenvalue weighted by Crippen LogP contribution is -2.24. The van der Waals surface area contributed by atoms with Crippen LogP contribution < -0.4 is 4.74 Å². The number of carbonyl (C=O) groups excluding carboxylic acids is 1. The van der Waals surface area contributed by atoms with Crippen molar-refractivity contribution in [2.75, 3.05) is 0 Å². The number of fused-ring (bicyclic) bond motifs is 1. The molecule has 1 aliphatic rings. The molecule has 0 spiro atoms. The van der Waals surface area contributed by atoms with E-state index in [1.165, 1.54) is 6.07 Å². The highest BCUT2D eigenvalue weighted by Gasteiger charge is 2.26. The fourth-order valence-corrected chi connectivity index (χ4v) is 1.93. The van der Waals surface area contributed by atoms with Gasteiger partial charge in [0.15, 0.2) is 17.3 Å². The zero-order valence-electron chi connectivity index (χ0n) is 7.51. The third-order valence-corrected chi connectivity index (χ3v) is 2.56. The first-order valence-corrected chi connectivity index (χ1v) is 5.06. The Bertz CT molecular complexity index is 403. The molecule has 0 bridgehead atoms. The van der Waals surface area contributed by atoms with Crippen LogP contribution in [0.4, 0.5) is 4.39 Å². The summed E-state index contributed by atoms with van der Waals surface area (Å²) in [6.45, 7) is 1.75. The fraction of sp³-hybridized carbons (Fsp3) is 0.300. The molecule has 0 saturated carbocycles. The second kappa shape index (κ2) is 3.35. The van der Waals surface area contributed by atoms with Crippen LogP contribution in [0.5, 0.6) is 5.75 Å². The molecule has 0 N–H and O–H groups in total. The predicted molar refractivity (Wildman–Crippen MR) is 53.1 cm³/mol. The molecule has 2 rings (SSSR count). The second-order valence-electron chi connectivity index (χ2n) is 3.32. The van der Waals surface area contributed by atoms with E-state index >= 15 is 0 Å². The minimum absolute atomic E-state index is 0.0704. The summed E-state index contributed by atoms with van der Waals surface area (Å²) in [5.74, 6) is -0.481. The third kappa shape index (κ3) is 1.54. The first kappa shape index (κ1) is 9.65. The summed E-state index contributed by atoms with van der Waals surface area (Å²) in [4.78, 5) is 11.5. The summed E-state index contributed by atoms with van der Waals surface area (Å²) in [5.41, 5.74) is 0.329. The Hall–Kier alpha value is -0.900. The molecule has 0 radical (unpaired) electrons. The monoisotopic (exact) mass is 258 g/mol. The van der Waals surface area contributed by atoms with Gasteiger partial charge in [0, 0.05) is 10.9 Å². The van der Waals surface area contributed by atoms with Gasteiger partial charge >= 0.3 is 0 Å². The number of benzene rings is 1. The van der Waals surface area contributed by atoms with Gasteiger partial charge in [-0.25, -0.2) is 4.39 Å². The molecule has 4 heteroatoms. The van der Waals surface area contributed by atoms with Crippen LogP contribution in [0.2, 0.25) is 0 Å². The van der Waals surface area contributed by atoms with E-state index in [0.29, 0.717) is 16.5 Å². The van der Waals surface area contributed by atoms with Crippen molar-refractivity contribution < 1.29 is 13.9 Å². The minimum Gasteiger partial charge on any atom is -0.486 e. The van der Waals surface area contributed by atoms with Crippen molar-refractivity contribution in [3.05, 3.63) is 28.0 Å². The SMILES string of the molecule is CC1CC(=O)c2cc(Br)cc(F)c2O1. The summed E-state index contributed by atoms with van der Waals surface area (Å²) < 4.78 is 19.2. The number of ether oxygens (including phenoxy) is 1. The van der Waals surface area contributed by atoms with E-state index in [9.17, 15) is 9.18 Å². The Balaban J connectivity index is 2.59. The van der Waals surface area contributed by atoms with Gasteiger partial charge in [0.25, 0.3) is 0 Å². The number of hydrogen-bond acceptors (Lipinski definition) is 2. The van der Waals surface area contributed by atoms with Crippen LogP contribution in [-0.4, -0.2) is 11.9 Å². The summed E-state index contributed by atoms with van der Waals surface area (Å²) in [7, 11) is 0. The number of carbonyl (C=O) groups is 1. The van der Waals surface area contributed by atoms with Gasteiger partial charge in [0.05, 0.1) is 5.56 Å². The van der Waals surface area contributed by atoms with Crippen LogP contribution in [0.3, 0.4) is 0 Å². The van der Waals surface area contributed by atoms with Crippen LogP contribution in [-0.2, 0) is 0 Å². The van der Waals surface area contributed by atoms with Crippen molar-refractivity contribution in [3.63, 3.8) is 0 Å². The fourth-order valence-electron chi connectivity index (χ4n) is 1.50. The van der Waals surface area contributed by atoms with Crippen molar-refractivity contribution in [2.24, 2.45) is 0 Å². The molecular formula is C10H8BrFO2. The van der Waals surface area contributed by atoms with Gasteiger partial charge in [-0.15, -0.1) is 0 Å². The highest BCUT2D eigenvalue weighted by atomic mass is 79.9. The summed E-state index contributed by atoms with van der Waals surface area (Å²) in [5, 5.41) is 0. The normalized spacial score (nSPS) is 20.2. The number of rotatable bonds is 0. The van der Waals surface area contributed by atoms with E-state index < -0.39 is 5.82 Å². The lowest BCUT2D eigenvalue weighted by Gasteiger charge is -2.22. The highest BCUT2D eigenvalue weighted by molar-refractivity contribution is 9.10. The molecule has 0 aliphatic carbocycles. The molecule has 1 unspecified atom stereocenters. The zero-order chi connectivity index (χ0) is 10.3. The molecule has 2 nitrogen and oxygen atoms in total. The highest BCUT2D eigenvalue weighted by Crippen LogP contribution is 2.32. The van der Waals surface area contributed by atoms with Crippen molar-refractivity contribution in [1.82, 2.24) is 0 Å². The first-order chi connectivity index (χ1) is 6.58. The third-order valence-electron chi connectivity index (χ3n) is 2.10. The number of hydrogen-bond donors (Lipinski definition) is 0. The average Bonchev–Trinajstić information content (AvgIpc) is 2.07. The average molecular weight is 259 g/mol. The van der Waals surface area contributed by atoms with Gasteiger partial charge in [-0.2, -0.15) is 0 Å². The second-order valence-corrected chi connectivity index (χ2v) is 4.24. The van der Waals surface area contributed by atoms with Crippen molar-refractivity contribution in [1.29, 1.82) is 0 Å². The molecule has 1 aromatic carbocycles. The molecular weight excluding hydrogens is 251 g/mol. The largest absolute Gasteiger partial charge is 0.486 e. The molecule has 1 heterocycles. The first-order valence-electron chi connectivity index (χ1n) is 4.27. The van der Waals surface area contributed by atoms with Gasteiger partial charge in [0.2, 0.25) is 0 Å². The minimum atomic E-state index is -0.491. The van der Waals surface area contributed by atoms with E-state index in [2.05, 4.69) is 15.9 Å². The Morgan fingerprint density at radius 1 is 1.57 bits per heavy atom. The van der Waals surface area contributed by atoms with Gasteiger partial charge in [0.1, 0.15) is 6.10 Å². The van der Waals surface area contributed by atoms with Crippen LogP contribution in [0.15, 0.2) is 16.6 Å². The van der Waals surface area contributed by atoms with E-state index in [1.54, 1.807) is 13.0 Å². The molecule has 1 aromatic rings. The molecule has 74 valence electrons. The zero-order valence-corrected chi connectivity index (χ0v) is 9.10. The van der Waals surface area contributed by atoms with Gasteiger partial charge < -0.3 is 4.74 Å². The lowest BCUT2D eigenvalue weighted by atomic mass is 10.0. The van der Waals surface area contributed by atoms with Crippen molar-refractivity contribution in [2.45, 2.75) is 19.4 Å². The van der Waals surface area contributed by atoms with Crippen LogP contribution in [0.25, 0.3) is 0 Å². The maximum atomic E-state index is 13.4. The lowest BCUT2D eigenvalue weighted by molar-refractivity contribution is 0.0862. The number of halogens is 2. The molecule has 14 heavy (non-hydrogen) atoms. The Morgan fingerprint density at radius 2 is 2.29 bits per heavy atom. The van der Waals surface area contributed by atoms with E-state index in [1.807, 2.05) is 0 Å². The standard InChI is InChI=1S/C10H8BrFO2/c1-5-2-9(13)7-3-6(11)4-8(12)10(7)14-5/h3-5H,2H2,1H3. The summed E-state index contributed by atoms with van der Waals surface area (Å²) in [6, 6.07) is 2.89. The van der Waals surface area contributed by atoms with Gasteiger partial charge in [-0.3, -0.25) is 4.79 Å².